The molecule has 1 N–H and O–H groups in total. The molecular weight excluding hydrogens is 238 g/mol. The van der Waals surface area contributed by atoms with Crippen molar-refractivity contribution in [1.29, 1.82) is 0 Å². The number of benzene rings is 1. The number of hydrogen-bond acceptors (Lipinski definition) is 3. The molecule has 3 nitrogen and oxygen atoms in total. The standard InChI is InChI=1S/C16H23NO2/c1-18-11-13-4-2-12(3-5-13)10-17-15-8-9-19-16(15)14-6-7-14/h2-5,14-17H,6-11H2,1H3. The fourth-order valence-electron chi connectivity index (χ4n) is 2.89. The first-order valence-electron chi connectivity index (χ1n) is 7.28. The summed E-state index contributed by atoms with van der Waals surface area (Å²) in [6.07, 6.45) is 4.33. The molecule has 2 aliphatic rings. The lowest BCUT2D eigenvalue weighted by molar-refractivity contribution is 0.0809. The van der Waals surface area contributed by atoms with Gasteiger partial charge in [-0.2, -0.15) is 0 Å². The quantitative estimate of drug-likeness (QED) is 0.853. The van der Waals surface area contributed by atoms with Gasteiger partial charge in [0.1, 0.15) is 0 Å². The molecular formula is C16H23NO2. The Balaban J connectivity index is 1.50. The highest BCUT2D eigenvalue weighted by Crippen LogP contribution is 2.38. The fraction of sp³-hybridized carbons (Fsp3) is 0.625. The van der Waals surface area contributed by atoms with Crippen molar-refractivity contribution in [1.82, 2.24) is 5.32 Å². The number of ether oxygens (including phenoxy) is 2. The molecule has 0 aromatic heterocycles. The van der Waals surface area contributed by atoms with Gasteiger partial charge in [-0.3, -0.25) is 0 Å². The van der Waals surface area contributed by atoms with E-state index in [2.05, 4.69) is 29.6 Å². The Labute approximate surface area is 115 Å². The van der Waals surface area contributed by atoms with Crippen molar-refractivity contribution in [2.75, 3.05) is 13.7 Å². The van der Waals surface area contributed by atoms with Gasteiger partial charge in [0.05, 0.1) is 12.7 Å². The van der Waals surface area contributed by atoms with Crippen LogP contribution in [0.2, 0.25) is 0 Å². The summed E-state index contributed by atoms with van der Waals surface area (Å²) < 4.78 is 11.0. The minimum atomic E-state index is 0.466. The van der Waals surface area contributed by atoms with Gasteiger partial charge in [-0.15, -0.1) is 0 Å². The predicted octanol–water partition coefficient (Wildman–Crippen LogP) is 2.49. The molecule has 2 fully saturated rings. The van der Waals surface area contributed by atoms with Gasteiger partial charge < -0.3 is 14.8 Å². The molecule has 0 spiro atoms. The molecule has 1 saturated heterocycles. The SMILES string of the molecule is COCc1ccc(CNC2CCOC2C2CC2)cc1. The Hall–Kier alpha value is -0.900. The maximum atomic E-state index is 5.85. The number of methoxy groups -OCH3 is 1. The van der Waals surface area contributed by atoms with Crippen molar-refractivity contribution in [3.8, 4) is 0 Å². The second kappa shape index (κ2) is 6.04. The Bertz CT molecular complexity index is 400. The van der Waals surface area contributed by atoms with E-state index in [1.807, 2.05) is 0 Å². The number of rotatable bonds is 6. The maximum Gasteiger partial charge on any atom is 0.0757 e. The predicted molar refractivity (Wildman–Crippen MR) is 74.9 cm³/mol. The first kappa shape index (κ1) is 13.1. The smallest absolute Gasteiger partial charge is 0.0757 e. The average Bonchev–Trinajstić information content (AvgIpc) is 3.17. The third kappa shape index (κ3) is 3.35. The summed E-state index contributed by atoms with van der Waals surface area (Å²) in [4.78, 5) is 0. The number of nitrogens with one attached hydrogen (secondary N) is 1. The van der Waals surface area contributed by atoms with Gasteiger partial charge in [-0.1, -0.05) is 24.3 Å². The Morgan fingerprint density at radius 2 is 1.89 bits per heavy atom. The molecule has 2 unspecified atom stereocenters. The lowest BCUT2D eigenvalue weighted by Crippen LogP contribution is -2.37. The summed E-state index contributed by atoms with van der Waals surface area (Å²) in [6.45, 7) is 2.55. The molecule has 3 rings (SSSR count). The monoisotopic (exact) mass is 261 g/mol. The molecule has 2 atom stereocenters. The lowest BCUT2D eigenvalue weighted by Gasteiger charge is -2.19. The molecule has 0 radical (unpaired) electrons. The van der Waals surface area contributed by atoms with Gasteiger partial charge in [0, 0.05) is 26.3 Å². The van der Waals surface area contributed by atoms with Crippen molar-refractivity contribution in [3.63, 3.8) is 0 Å². The second-order valence-electron chi connectivity index (χ2n) is 5.70. The highest BCUT2D eigenvalue weighted by atomic mass is 16.5. The Morgan fingerprint density at radius 1 is 1.16 bits per heavy atom. The summed E-state index contributed by atoms with van der Waals surface area (Å²) in [5.41, 5.74) is 2.56. The van der Waals surface area contributed by atoms with Crippen LogP contribution in [-0.4, -0.2) is 25.9 Å². The minimum Gasteiger partial charge on any atom is -0.380 e. The van der Waals surface area contributed by atoms with Crippen LogP contribution in [0.3, 0.4) is 0 Å². The third-order valence-electron chi connectivity index (χ3n) is 4.12. The highest BCUT2D eigenvalue weighted by molar-refractivity contribution is 5.22. The van der Waals surface area contributed by atoms with Crippen molar-refractivity contribution in [3.05, 3.63) is 35.4 Å². The van der Waals surface area contributed by atoms with E-state index in [0.29, 0.717) is 18.8 Å². The van der Waals surface area contributed by atoms with Crippen LogP contribution in [0, 0.1) is 5.92 Å². The van der Waals surface area contributed by atoms with Crippen LogP contribution in [0.15, 0.2) is 24.3 Å². The summed E-state index contributed by atoms with van der Waals surface area (Å²) >= 11 is 0. The van der Waals surface area contributed by atoms with E-state index >= 15 is 0 Å². The van der Waals surface area contributed by atoms with Gasteiger partial charge in [-0.25, -0.2) is 0 Å². The fourth-order valence-corrected chi connectivity index (χ4v) is 2.89. The van der Waals surface area contributed by atoms with E-state index in [1.165, 1.54) is 24.0 Å². The molecule has 1 aliphatic heterocycles. The van der Waals surface area contributed by atoms with Crippen LogP contribution in [-0.2, 0) is 22.6 Å². The van der Waals surface area contributed by atoms with E-state index in [1.54, 1.807) is 7.11 Å². The number of hydrogen-bond donors (Lipinski definition) is 1. The van der Waals surface area contributed by atoms with Crippen molar-refractivity contribution in [2.45, 2.75) is 44.6 Å². The van der Waals surface area contributed by atoms with E-state index in [0.717, 1.165) is 25.5 Å². The summed E-state index contributed by atoms with van der Waals surface area (Å²) in [6, 6.07) is 9.20. The molecule has 1 aromatic carbocycles. The van der Waals surface area contributed by atoms with Crippen molar-refractivity contribution < 1.29 is 9.47 Å². The zero-order valence-corrected chi connectivity index (χ0v) is 11.6. The molecule has 104 valence electrons. The molecule has 0 bridgehead atoms. The van der Waals surface area contributed by atoms with Gasteiger partial charge in [0.2, 0.25) is 0 Å². The van der Waals surface area contributed by atoms with Crippen LogP contribution in [0.25, 0.3) is 0 Å². The minimum absolute atomic E-state index is 0.466. The van der Waals surface area contributed by atoms with E-state index in [9.17, 15) is 0 Å². The largest absolute Gasteiger partial charge is 0.380 e. The molecule has 1 heterocycles. The third-order valence-corrected chi connectivity index (χ3v) is 4.12. The van der Waals surface area contributed by atoms with Gasteiger partial charge in [0.25, 0.3) is 0 Å². The summed E-state index contributed by atoms with van der Waals surface area (Å²) in [7, 11) is 1.73. The van der Waals surface area contributed by atoms with Crippen LogP contribution < -0.4 is 5.32 Å². The topological polar surface area (TPSA) is 30.5 Å². The Kier molecular flexibility index (Phi) is 4.16. The van der Waals surface area contributed by atoms with Crippen molar-refractivity contribution in [2.24, 2.45) is 5.92 Å². The molecule has 0 amide bonds. The van der Waals surface area contributed by atoms with E-state index < -0.39 is 0 Å². The molecule has 1 aliphatic carbocycles. The molecule has 1 aromatic rings. The maximum absolute atomic E-state index is 5.85. The van der Waals surface area contributed by atoms with Crippen LogP contribution in [0.4, 0.5) is 0 Å². The molecule has 19 heavy (non-hydrogen) atoms. The average molecular weight is 261 g/mol. The lowest BCUT2D eigenvalue weighted by atomic mass is 10.1. The normalized spacial score (nSPS) is 26.8. The van der Waals surface area contributed by atoms with E-state index in [4.69, 9.17) is 9.47 Å². The zero-order valence-electron chi connectivity index (χ0n) is 11.6. The van der Waals surface area contributed by atoms with Gasteiger partial charge >= 0.3 is 0 Å². The first-order valence-corrected chi connectivity index (χ1v) is 7.28. The molecule has 3 heteroatoms. The van der Waals surface area contributed by atoms with E-state index in [-0.39, 0.29) is 0 Å². The highest BCUT2D eigenvalue weighted by Gasteiger charge is 2.40. The second-order valence-corrected chi connectivity index (χ2v) is 5.70. The zero-order chi connectivity index (χ0) is 13.1. The van der Waals surface area contributed by atoms with Gasteiger partial charge in [0.15, 0.2) is 0 Å². The van der Waals surface area contributed by atoms with Gasteiger partial charge in [-0.05, 0) is 36.3 Å². The Morgan fingerprint density at radius 3 is 2.58 bits per heavy atom. The van der Waals surface area contributed by atoms with Crippen molar-refractivity contribution >= 4 is 0 Å². The molecule has 1 saturated carbocycles. The summed E-state index contributed by atoms with van der Waals surface area (Å²) in [5, 5.41) is 3.66. The van der Waals surface area contributed by atoms with Crippen LogP contribution in [0.5, 0.6) is 0 Å². The van der Waals surface area contributed by atoms with Crippen LogP contribution >= 0.6 is 0 Å². The summed E-state index contributed by atoms with van der Waals surface area (Å²) in [5.74, 6) is 0.823. The first-order chi connectivity index (χ1) is 9.36. The van der Waals surface area contributed by atoms with Crippen LogP contribution in [0.1, 0.15) is 30.4 Å².